The number of imidazole rings is 1. The summed E-state index contributed by atoms with van der Waals surface area (Å²) < 4.78 is 2.56. The van der Waals surface area contributed by atoms with E-state index in [0.717, 1.165) is 15.5 Å². The van der Waals surface area contributed by atoms with Gasteiger partial charge in [0.15, 0.2) is 0 Å². The molecule has 23 heavy (non-hydrogen) atoms. The van der Waals surface area contributed by atoms with Crippen LogP contribution in [-0.2, 0) is 11.3 Å². The van der Waals surface area contributed by atoms with Gasteiger partial charge in [-0.15, -0.1) is 0 Å². The van der Waals surface area contributed by atoms with Gasteiger partial charge in [0.1, 0.15) is 12.3 Å². The first-order valence-electron chi connectivity index (χ1n) is 6.84. The molecule has 0 aliphatic heterocycles. The first kappa shape index (κ1) is 15.2. The van der Waals surface area contributed by atoms with E-state index in [-0.39, 0.29) is 18.2 Å². The second-order valence-corrected chi connectivity index (χ2v) is 5.77. The lowest BCUT2D eigenvalue weighted by Gasteiger charge is -2.03. The number of aromatic nitrogens is 2. The molecule has 116 valence electrons. The summed E-state index contributed by atoms with van der Waals surface area (Å²) in [6.07, 6.45) is 3.01. The van der Waals surface area contributed by atoms with Crippen molar-refractivity contribution >= 4 is 39.1 Å². The molecule has 3 aromatic rings. The van der Waals surface area contributed by atoms with Crippen LogP contribution >= 0.6 is 15.9 Å². The Bertz CT molecular complexity index is 889. The van der Waals surface area contributed by atoms with Crippen molar-refractivity contribution in [2.45, 2.75) is 6.54 Å². The van der Waals surface area contributed by atoms with Crippen LogP contribution in [0.15, 0.2) is 58.4 Å². The first-order valence-corrected chi connectivity index (χ1v) is 7.63. The van der Waals surface area contributed by atoms with E-state index in [1.165, 1.54) is 6.21 Å². The highest BCUT2D eigenvalue weighted by molar-refractivity contribution is 9.10. The third-order valence-corrected chi connectivity index (χ3v) is 3.72. The van der Waals surface area contributed by atoms with Crippen molar-refractivity contribution < 1.29 is 9.90 Å². The quantitative estimate of drug-likeness (QED) is 0.545. The number of hydrazone groups is 1. The number of carbonyl (C=O) groups is 1. The molecule has 0 saturated heterocycles. The van der Waals surface area contributed by atoms with Gasteiger partial charge in [0.2, 0.25) is 0 Å². The number of para-hydroxylation sites is 2. The monoisotopic (exact) mass is 372 g/mol. The molecule has 2 N–H and O–H groups in total. The number of phenols is 1. The van der Waals surface area contributed by atoms with Gasteiger partial charge in [0.25, 0.3) is 5.91 Å². The maximum absolute atomic E-state index is 12.0. The number of aromatic hydroxyl groups is 1. The van der Waals surface area contributed by atoms with E-state index in [4.69, 9.17) is 0 Å². The van der Waals surface area contributed by atoms with E-state index in [1.807, 2.05) is 24.3 Å². The van der Waals surface area contributed by atoms with Gasteiger partial charge in [0, 0.05) is 10.0 Å². The highest BCUT2D eigenvalue weighted by Crippen LogP contribution is 2.19. The molecular formula is C16H13BrN4O2. The summed E-state index contributed by atoms with van der Waals surface area (Å²) in [5.74, 6) is -0.189. The molecule has 1 amide bonds. The zero-order valence-corrected chi connectivity index (χ0v) is 13.6. The van der Waals surface area contributed by atoms with Crippen LogP contribution in [0.3, 0.4) is 0 Å². The van der Waals surface area contributed by atoms with Crippen molar-refractivity contribution in [3.05, 3.63) is 58.8 Å². The van der Waals surface area contributed by atoms with Crippen LogP contribution < -0.4 is 5.43 Å². The van der Waals surface area contributed by atoms with Crippen molar-refractivity contribution in [2.24, 2.45) is 5.10 Å². The van der Waals surface area contributed by atoms with E-state index in [0.29, 0.717) is 5.56 Å². The van der Waals surface area contributed by atoms with Gasteiger partial charge in [-0.3, -0.25) is 4.79 Å². The zero-order chi connectivity index (χ0) is 16.2. The Hall–Kier alpha value is -2.67. The normalized spacial score (nSPS) is 11.2. The Morgan fingerprint density at radius 2 is 2.17 bits per heavy atom. The van der Waals surface area contributed by atoms with Crippen molar-refractivity contribution in [1.82, 2.24) is 15.0 Å². The van der Waals surface area contributed by atoms with Crippen LogP contribution in [0.5, 0.6) is 5.75 Å². The SMILES string of the molecule is O=C(Cn1cnc2ccccc21)N/N=C\c1cc(Br)ccc1O. The third kappa shape index (κ3) is 3.57. The molecule has 6 nitrogen and oxygen atoms in total. The number of carbonyl (C=O) groups excluding carboxylic acids is 1. The summed E-state index contributed by atoms with van der Waals surface area (Å²) >= 11 is 3.31. The number of hydrogen-bond acceptors (Lipinski definition) is 4. The molecule has 7 heteroatoms. The minimum atomic E-state index is -0.279. The number of halogens is 1. The minimum absolute atomic E-state index is 0.0896. The summed E-state index contributed by atoms with van der Waals surface area (Å²) in [5, 5.41) is 13.6. The van der Waals surface area contributed by atoms with Crippen LogP contribution in [0.1, 0.15) is 5.56 Å². The predicted molar refractivity (Wildman–Crippen MR) is 91.3 cm³/mol. The number of nitrogens with zero attached hydrogens (tertiary/aromatic N) is 3. The first-order chi connectivity index (χ1) is 11.1. The van der Waals surface area contributed by atoms with Gasteiger partial charge >= 0.3 is 0 Å². The number of nitrogens with one attached hydrogen (secondary N) is 1. The molecule has 0 spiro atoms. The number of benzene rings is 2. The summed E-state index contributed by atoms with van der Waals surface area (Å²) in [4.78, 5) is 16.2. The number of phenolic OH excluding ortho intramolecular Hbond substituents is 1. The maximum Gasteiger partial charge on any atom is 0.260 e. The van der Waals surface area contributed by atoms with Crippen molar-refractivity contribution in [2.75, 3.05) is 0 Å². The van der Waals surface area contributed by atoms with E-state index in [9.17, 15) is 9.90 Å². The van der Waals surface area contributed by atoms with E-state index < -0.39 is 0 Å². The van der Waals surface area contributed by atoms with Crippen molar-refractivity contribution in [1.29, 1.82) is 0 Å². The number of rotatable bonds is 4. The fourth-order valence-electron chi connectivity index (χ4n) is 2.13. The molecule has 0 aliphatic carbocycles. The smallest absolute Gasteiger partial charge is 0.260 e. The fourth-order valence-corrected chi connectivity index (χ4v) is 2.51. The molecule has 2 aromatic carbocycles. The summed E-state index contributed by atoms with van der Waals surface area (Å²) in [6.45, 7) is 0.113. The second-order valence-electron chi connectivity index (χ2n) is 4.86. The number of hydrogen-bond donors (Lipinski definition) is 2. The minimum Gasteiger partial charge on any atom is -0.507 e. The lowest BCUT2D eigenvalue weighted by Crippen LogP contribution is -2.22. The molecule has 0 saturated carbocycles. The largest absolute Gasteiger partial charge is 0.507 e. The standard InChI is InChI=1S/C16H13BrN4O2/c17-12-5-6-15(22)11(7-12)8-19-20-16(23)9-21-10-18-13-3-1-2-4-14(13)21/h1-8,10,22H,9H2,(H,20,23)/b19-8-. The van der Waals surface area contributed by atoms with Gasteiger partial charge in [-0.1, -0.05) is 28.1 Å². The fraction of sp³-hybridized carbons (Fsp3) is 0.0625. The molecule has 0 atom stereocenters. The topological polar surface area (TPSA) is 79.5 Å². The average Bonchev–Trinajstić information content (AvgIpc) is 2.94. The molecule has 1 aromatic heterocycles. The van der Waals surface area contributed by atoms with E-state index in [1.54, 1.807) is 29.1 Å². The Kier molecular flexibility index (Phi) is 4.38. The molecule has 3 rings (SSSR count). The number of fused-ring (bicyclic) bond motifs is 1. The van der Waals surface area contributed by atoms with Gasteiger partial charge in [-0.05, 0) is 30.3 Å². The third-order valence-electron chi connectivity index (χ3n) is 3.22. The Morgan fingerprint density at radius 3 is 3.04 bits per heavy atom. The van der Waals surface area contributed by atoms with Gasteiger partial charge in [0.05, 0.1) is 23.6 Å². The number of amides is 1. The molecule has 0 bridgehead atoms. The summed E-state index contributed by atoms with van der Waals surface area (Å²) in [5.41, 5.74) is 4.66. The van der Waals surface area contributed by atoms with Crippen LogP contribution in [0.4, 0.5) is 0 Å². The Morgan fingerprint density at radius 1 is 1.35 bits per heavy atom. The Balaban J connectivity index is 1.66. The zero-order valence-electron chi connectivity index (χ0n) is 12.0. The highest BCUT2D eigenvalue weighted by Gasteiger charge is 2.06. The summed E-state index contributed by atoms with van der Waals surface area (Å²) in [6, 6.07) is 12.5. The van der Waals surface area contributed by atoms with Gasteiger partial charge < -0.3 is 9.67 Å². The van der Waals surface area contributed by atoms with Gasteiger partial charge in [-0.2, -0.15) is 5.10 Å². The van der Waals surface area contributed by atoms with Crippen LogP contribution in [0.2, 0.25) is 0 Å². The predicted octanol–water partition coefficient (Wildman–Crippen LogP) is 2.65. The van der Waals surface area contributed by atoms with E-state index in [2.05, 4.69) is 31.4 Å². The lowest BCUT2D eigenvalue weighted by molar-refractivity contribution is -0.121. The van der Waals surface area contributed by atoms with Crippen LogP contribution in [-0.4, -0.2) is 26.8 Å². The van der Waals surface area contributed by atoms with Gasteiger partial charge in [-0.25, -0.2) is 10.4 Å². The highest BCUT2D eigenvalue weighted by atomic mass is 79.9. The second kappa shape index (κ2) is 6.62. The average molecular weight is 373 g/mol. The van der Waals surface area contributed by atoms with E-state index >= 15 is 0 Å². The molecule has 0 fully saturated rings. The maximum atomic E-state index is 12.0. The molecular weight excluding hydrogens is 360 g/mol. The molecule has 0 aliphatic rings. The Labute approximate surface area is 140 Å². The van der Waals surface area contributed by atoms with Crippen molar-refractivity contribution in [3.63, 3.8) is 0 Å². The van der Waals surface area contributed by atoms with Crippen molar-refractivity contribution in [3.8, 4) is 5.75 Å². The van der Waals surface area contributed by atoms with Crippen LogP contribution in [0.25, 0.3) is 11.0 Å². The molecule has 0 unspecified atom stereocenters. The summed E-state index contributed by atoms with van der Waals surface area (Å²) in [7, 11) is 0. The molecule has 1 heterocycles. The van der Waals surface area contributed by atoms with Crippen LogP contribution in [0, 0.1) is 0 Å². The molecule has 0 radical (unpaired) electrons. The lowest BCUT2D eigenvalue weighted by atomic mass is 10.2.